The van der Waals surface area contributed by atoms with Gasteiger partial charge in [-0.2, -0.15) is 0 Å². The summed E-state index contributed by atoms with van der Waals surface area (Å²) in [6.07, 6.45) is 3.47. The second kappa shape index (κ2) is 12.7. The number of guanidine groups is 1. The lowest BCUT2D eigenvalue weighted by molar-refractivity contribution is -0.116. The average Bonchev–Trinajstić information content (AvgIpc) is 2.82. The minimum absolute atomic E-state index is 0. The van der Waals surface area contributed by atoms with Gasteiger partial charge in [0.25, 0.3) is 0 Å². The minimum atomic E-state index is 0. The number of halogens is 1. The van der Waals surface area contributed by atoms with Gasteiger partial charge < -0.3 is 25.0 Å². The largest absolute Gasteiger partial charge is 0.492 e. The molecule has 2 aliphatic heterocycles. The SMILES string of the molecule is CCNC(=NCCOc1ccc2c(c1)CCC(=O)N2)N1CCC(Oc2ccccc2)CC1.I. The number of anilines is 1. The van der Waals surface area contributed by atoms with Gasteiger partial charge in [-0.3, -0.25) is 4.79 Å². The fourth-order valence-corrected chi connectivity index (χ4v) is 4.07. The molecule has 0 spiro atoms. The van der Waals surface area contributed by atoms with Gasteiger partial charge in [-0.25, -0.2) is 4.99 Å². The minimum Gasteiger partial charge on any atom is -0.492 e. The third-order valence-electron chi connectivity index (χ3n) is 5.72. The highest BCUT2D eigenvalue weighted by atomic mass is 127. The summed E-state index contributed by atoms with van der Waals surface area (Å²) in [5.41, 5.74) is 2.01. The van der Waals surface area contributed by atoms with E-state index >= 15 is 0 Å². The molecule has 0 saturated carbocycles. The first kappa shape index (κ1) is 25.1. The van der Waals surface area contributed by atoms with Crippen molar-refractivity contribution in [2.75, 3.05) is 38.1 Å². The maximum absolute atomic E-state index is 11.5. The Morgan fingerprint density at radius 2 is 1.91 bits per heavy atom. The van der Waals surface area contributed by atoms with Gasteiger partial charge >= 0.3 is 0 Å². The summed E-state index contributed by atoms with van der Waals surface area (Å²) in [5, 5.41) is 6.30. The first-order chi connectivity index (χ1) is 15.7. The molecule has 0 aliphatic carbocycles. The normalized spacial score (nSPS) is 16.3. The molecular weight excluding hydrogens is 531 g/mol. The Labute approximate surface area is 213 Å². The molecule has 2 N–H and O–H groups in total. The van der Waals surface area contributed by atoms with E-state index in [9.17, 15) is 4.79 Å². The fourth-order valence-electron chi connectivity index (χ4n) is 4.07. The zero-order valence-electron chi connectivity index (χ0n) is 19.1. The number of ether oxygens (including phenoxy) is 2. The van der Waals surface area contributed by atoms with Crippen LogP contribution >= 0.6 is 24.0 Å². The van der Waals surface area contributed by atoms with E-state index in [-0.39, 0.29) is 36.0 Å². The first-order valence-corrected chi connectivity index (χ1v) is 11.5. The molecule has 2 aromatic rings. The number of likely N-dealkylation sites (tertiary alicyclic amines) is 1. The lowest BCUT2D eigenvalue weighted by atomic mass is 10.0. The van der Waals surface area contributed by atoms with Gasteiger partial charge in [-0.15, -0.1) is 24.0 Å². The Balaban J connectivity index is 0.00000306. The quantitative estimate of drug-likeness (QED) is 0.230. The monoisotopic (exact) mass is 564 g/mol. The summed E-state index contributed by atoms with van der Waals surface area (Å²) < 4.78 is 12.0. The number of fused-ring (bicyclic) bond motifs is 1. The summed E-state index contributed by atoms with van der Waals surface area (Å²) in [6.45, 7) is 5.84. The fraction of sp³-hybridized carbons (Fsp3) is 0.440. The van der Waals surface area contributed by atoms with E-state index in [0.29, 0.717) is 19.6 Å². The van der Waals surface area contributed by atoms with E-state index in [4.69, 9.17) is 14.5 Å². The van der Waals surface area contributed by atoms with E-state index in [2.05, 4.69) is 22.5 Å². The number of piperidine rings is 1. The molecule has 0 unspecified atom stereocenters. The van der Waals surface area contributed by atoms with Crippen LogP contribution in [0.4, 0.5) is 5.69 Å². The standard InChI is InChI=1S/C25H32N4O3.HI/c1-2-26-25(29-15-12-21(13-16-29)32-20-6-4-3-5-7-20)27-14-17-31-22-9-10-23-19(18-22)8-11-24(30)28-23;/h3-7,9-10,18,21H,2,8,11-17H2,1H3,(H,26,27)(H,28,30);1H. The number of benzene rings is 2. The van der Waals surface area contributed by atoms with Crippen molar-refractivity contribution in [3.05, 3.63) is 54.1 Å². The number of nitrogens with zero attached hydrogens (tertiary/aromatic N) is 2. The Hall–Kier alpha value is -2.49. The van der Waals surface area contributed by atoms with Gasteiger partial charge in [0.1, 0.15) is 24.2 Å². The smallest absolute Gasteiger partial charge is 0.224 e. The number of carbonyl (C=O) groups is 1. The van der Waals surface area contributed by atoms with E-state index in [1.165, 1.54) is 0 Å². The van der Waals surface area contributed by atoms with E-state index < -0.39 is 0 Å². The molecule has 1 amide bonds. The molecule has 1 fully saturated rings. The number of aryl methyl sites for hydroxylation is 1. The second-order valence-electron chi connectivity index (χ2n) is 8.07. The van der Waals surface area contributed by atoms with Crippen molar-refractivity contribution in [1.82, 2.24) is 10.2 Å². The Morgan fingerprint density at radius 1 is 1.12 bits per heavy atom. The summed E-state index contributed by atoms with van der Waals surface area (Å²) in [6, 6.07) is 15.9. The molecule has 2 aromatic carbocycles. The molecule has 4 rings (SSSR count). The number of carbonyl (C=O) groups excluding carboxylic acids is 1. The Bertz CT molecular complexity index is 931. The summed E-state index contributed by atoms with van der Waals surface area (Å²) >= 11 is 0. The van der Waals surface area contributed by atoms with Gasteiger partial charge in [0, 0.05) is 44.6 Å². The number of aliphatic imine (C=N–C) groups is 1. The topological polar surface area (TPSA) is 75.2 Å². The molecule has 0 atom stereocenters. The van der Waals surface area contributed by atoms with Crippen molar-refractivity contribution < 1.29 is 14.3 Å². The number of hydrogen-bond acceptors (Lipinski definition) is 4. The van der Waals surface area contributed by atoms with Crippen LogP contribution in [0.2, 0.25) is 0 Å². The number of rotatable bonds is 7. The van der Waals surface area contributed by atoms with Crippen molar-refractivity contribution in [3.63, 3.8) is 0 Å². The number of hydrogen-bond donors (Lipinski definition) is 2. The summed E-state index contributed by atoms with van der Waals surface area (Å²) in [7, 11) is 0. The maximum Gasteiger partial charge on any atom is 0.224 e. The number of amides is 1. The van der Waals surface area contributed by atoms with Crippen LogP contribution in [0.3, 0.4) is 0 Å². The summed E-state index contributed by atoms with van der Waals surface area (Å²) in [5.74, 6) is 2.77. The zero-order valence-corrected chi connectivity index (χ0v) is 21.4. The highest BCUT2D eigenvalue weighted by Crippen LogP contribution is 2.26. The zero-order chi connectivity index (χ0) is 22.2. The molecule has 8 heteroatoms. The van der Waals surface area contributed by atoms with Crippen molar-refractivity contribution in [2.45, 2.75) is 38.7 Å². The summed E-state index contributed by atoms with van der Waals surface area (Å²) in [4.78, 5) is 18.6. The van der Waals surface area contributed by atoms with Crippen molar-refractivity contribution in [2.24, 2.45) is 4.99 Å². The van der Waals surface area contributed by atoms with Crippen LogP contribution in [0, 0.1) is 0 Å². The van der Waals surface area contributed by atoms with Crippen LogP contribution in [0.25, 0.3) is 0 Å². The van der Waals surface area contributed by atoms with E-state index in [1.54, 1.807) is 0 Å². The highest BCUT2D eigenvalue weighted by molar-refractivity contribution is 14.0. The molecule has 0 bridgehead atoms. The molecule has 2 heterocycles. The second-order valence-corrected chi connectivity index (χ2v) is 8.07. The third kappa shape index (κ3) is 7.25. The van der Waals surface area contributed by atoms with Crippen molar-refractivity contribution >= 4 is 41.5 Å². The van der Waals surface area contributed by atoms with E-state index in [0.717, 1.165) is 67.6 Å². The maximum atomic E-state index is 11.5. The Kier molecular flexibility index (Phi) is 9.65. The predicted octanol–water partition coefficient (Wildman–Crippen LogP) is 4.08. The molecule has 0 aromatic heterocycles. The molecule has 2 aliphatic rings. The van der Waals surface area contributed by atoms with Crippen LogP contribution in [0.1, 0.15) is 31.7 Å². The lowest BCUT2D eigenvalue weighted by Gasteiger charge is -2.34. The molecular formula is C25H33IN4O3. The van der Waals surface area contributed by atoms with E-state index in [1.807, 2.05) is 48.5 Å². The van der Waals surface area contributed by atoms with Crippen LogP contribution in [0.15, 0.2) is 53.5 Å². The third-order valence-corrected chi connectivity index (χ3v) is 5.72. The predicted molar refractivity (Wildman–Crippen MR) is 142 cm³/mol. The highest BCUT2D eigenvalue weighted by Gasteiger charge is 2.22. The Morgan fingerprint density at radius 3 is 2.67 bits per heavy atom. The first-order valence-electron chi connectivity index (χ1n) is 11.5. The van der Waals surface area contributed by atoms with Crippen molar-refractivity contribution in [3.8, 4) is 11.5 Å². The molecule has 178 valence electrons. The van der Waals surface area contributed by atoms with Gasteiger partial charge in [0.15, 0.2) is 5.96 Å². The lowest BCUT2D eigenvalue weighted by Crippen LogP contribution is -2.47. The van der Waals surface area contributed by atoms with Crippen LogP contribution in [-0.2, 0) is 11.2 Å². The average molecular weight is 564 g/mol. The molecule has 33 heavy (non-hydrogen) atoms. The number of nitrogens with one attached hydrogen (secondary N) is 2. The number of para-hydroxylation sites is 1. The van der Waals surface area contributed by atoms with Crippen molar-refractivity contribution in [1.29, 1.82) is 0 Å². The molecule has 1 saturated heterocycles. The van der Waals surface area contributed by atoms with Crippen LogP contribution in [0.5, 0.6) is 11.5 Å². The van der Waals surface area contributed by atoms with Gasteiger partial charge in [-0.1, -0.05) is 18.2 Å². The van der Waals surface area contributed by atoms with Crippen LogP contribution in [-0.4, -0.2) is 55.7 Å². The molecule has 7 nitrogen and oxygen atoms in total. The van der Waals surface area contributed by atoms with Gasteiger partial charge in [0.05, 0.1) is 6.54 Å². The van der Waals surface area contributed by atoms with Crippen LogP contribution < -0.4 is 20.1 Å². The van der Waals surface area contributed by atoms with Gasteiger partial charge in [-0.05, 0) is 49.2 Å². The molecule has 0 radical (unpaired) electrons. The van der Waals surface area contributed by atoms with Gasteiger partial charge in [0.2, 0.25) is 5.91 Å².